The van der Waals surface area contributed by atoms with Gasteiger partial charge in [-0.2, -0.15) is 4.98 Å². The molecule has 2 fully saturated rings. The highest BCUT2D eigenvalue weighted by Crippen LogP contribution is 2.40. The average Bonchev–Trinajstić information content (AvgIpc) is 3.06. The van der Waals surface area contributed by atoms with Crippen molar-refractivity contribution in [3.8, 4) is 0 Å². The molecule has 1 saturated heterocycles. The molecule has 0 spiro atoms. The number of nitrogens with zero attached hydrogens (tertiary/aromatic N) is 5. The van der Waals surface area contributed by atoms with Gasteiger partial charge in [-0.05, 0) is 25.7 Å². The van der Waals surface area contributed by atoms with Crippen LogP contribution in [0.1, 0.15) is 74.0 Å². The van der Waals surface area contributed by atoms with Crippen LogP contribution in [0.3, 0.4) is 0 Å². The van der Waals surface area contributed by atoms with Gasteiger partial charge in [0.15, 0.2) is 5.82 Å². The van der Waals surface area contributed by atoms with Gasteiger partial charge in [-0.3, -0.25) is 0 Å². The number of hydrogen-bond donors (Lipinski definition) is 0. The molecule has 1 aliphatic carbocycles. The van der Waals surface area contributed by atoms with Crippen molar-refractivity contribution in [1.82, 2.24) is 20.3 Å². The molecule has 2 aromatic rings. The molecule has 0 amide bonds. The minimum Gasteiger partial charge on any atom is -0.347 e. The monoisotopic (exact) mass is 319 g/mol. The third-order valence-corrected chi connectivity index (χ3v) is 5.72. The molecule has 118 valence electrons. The standard InChI is InChI=1S/C15H21N5OS/c1-9(2)14-17-18-15(22-14)20-7-5-10(6-8-20)12-16-13(21-19-12)11-3-4-11/h9-11H,3-8H2,1-2H3. The van der Waals surface area contributed by atoms with Gasteiger partial charge < -0.3 is 9.42 Å². The summed E-state index contributed by atoms with van der Waals surface area (Å²) in [5.74, 6) is 3.16. The molecule has 0 bridgehead atoms. The van der Waals surface area contributed by atoms with Crippen LogP contribution in [0.2, 0.25) is 0 Å². The fourth-order valence-corrected chi connectivity index (χ4v) is 3.72. The molecular formula is C15H21N5OS. The largest absolute Gasteiger partial charge is 0.347 e. The molecular weight excluding hydrogens is 298 g/mol. The van der Waals surface area contributed by atoms with E-state index in [0.717, 1.165) is 47.8 Å². The summed E-state index contributed by atoms with van der Waals surface area (Å²) in [7, 11) is 0. The van der Waals surface area contributed by atoms with Crippen LogP contribution in [-0.4, -0.2) is 33.4 Å². The molecule has 4 rings (SSSR count). The Morgan fingerprint density at radius 2 is 1.86 bits per heavy atom. The van der Waals surface area contributed by atoms with E-state index in [1.807, 2.05) is 0 Å². The Hall–Kier alpha value is -1.50. The predicted octanol–water partition coefficient (Wildman–Crippen LogP) is 3.31. The zero-order valence-corrected chi connectivity index (χ0v) is 13.8. The summed E-state index contributed by atoms with van der Waals surface area (Å²) in [6, 6.07) is 0. The molecule has 0 unspecified atom stereocenters. The van der Waals surface area contributed by atoms with Crippen LogP contribution < -0.4 is 4.90 Å². The van der Waals surface area contributed by atoms with Crippen molar-refractivity contribution in [3.63, 3.8) is 0 Å². The summed E-state index contributed by atoms with van der Waals surface area (Å²) in [5.41, 5.74) is 0. The number of anilines is 1. The Morgan fingerprint density at radius 3 is 2.50 bits per heavy atom. The first kappa shape index (κ1) is 14.1. The van der Waals surface area contributed by atoms with E-state index in [0.29, 0.717) is 17.8 Å². The van der Waals surface area contributed by atoms with Gasteiger partial charge in [0.25, 0.3) is 0 Å². The number of hydrogen-bond acceptors (Lipinski definition) is 7. The first-order valence-electron chi connectivity index (χ1n) is 8.12. The van der Waals surface area contributed by atoms with Crippen LogP contribution in [0.25, 0.3) is 0 Å². The minimum atomic E-state index is 0.421. The fraction of sp³-hybridized carbons (Fsp3) is 0.733. The minimum absolute atomic E-state index is 0.421. The van der Waals surface area contributed by atoms with Gasteiger partial charge in [-0.15, -0.1) is 10.2 Å². The zero-order valence-electron chi connectivity index (χ0n) is 13.0. The second-order valence-electron chi connectivity index (χ2n) is 6.60. The Bertz CT molecular complexity index is 592. The summed E-state index contributed by atoms with van der Waals surface area (Å²) in [6.45, 7) is 6.30. The smallest absolute Gasteiger partial charge is 0.229 e. The van der Waals surface area contributed by atoms with Gasteiger partial charge >= 0.3 is 0 Å². The summed E-state index contributed by atoms with van der Waals surface area (Å²) in [4.78, 5) is 6.93. The van der Waals surface area contributed by atoms with E-state index in [2.05, 4.69) is 39.1 Å². The van der Waals surface area contributed by atoms with Crippen molar-refractivity contribution in [2.24, 2.45) is 0 Å². The Morgan fingerprint density at radius 1 is 1.09 bits per heavy atom. The van der Waals surface area contributed by atoms with E-state index < -0.39 is 0 Å². The quantitative estimate of drug-likeness (QED) is 0.861. The Kier molecular flexibility index (Phi) is 3.60. The van der Waals surface area contributed by atoms with E-state index in [-0.39, 0.29) is 0 Å². The number of aromatic nitrogens is 4. The van der Waals surface area contributed by atoms with Gasteiger partial charge in [-0.1, -0.05) is 30.3 Å². The third kappa shape index (κ3) is 2.74. The molecule has 7 heteroatoms. The molecule has 2 aliphatic rings. The maximum absolute atomic E-state index is 5.39. The van der Waals surface area contributed by atoms with Crippen LogP contribution in [0.15, 0.2) is 4.52 Å². The Balaban J connectivity index is 1.38. The molecule has 22 heavy (non-hydrogen) atoms. The molecule has 2 aromatic heterocycles. The van der Waals surface area contributed by atoms with Crippen molar-refractivity contribution >= 4 is 16.5 Å². The number of piperidine rings is 1. The lowest BCUT2D eigenvalue weighted by Crippen LogP contribution is -2.33. The predicted molar refractivity (Wildman–Crippen MR) is 84.5 cm³/mol. The lowest BCUT2D eigenvalue weighted by atomic mass is 9.96. The Labute approximate surface area is 133 Å². The number of rotatable bonds is 4. The first-order valence-corrected chi connectivity index (χ1v) is 8.94. The summed E-state index contributed by atoms with van der Waals surface area (Å²) < 4.78 is 5.39. The molecule has 1 saturated carbocycles. The highest BCUT2D eigenvalue weighted by atomic mass is 32.1. The summed E-state index contributed by atoms with van der Waals surface area (Å²) >= 11 is 1.71. The maximum atomic E-state index is 5.39. The zero-order chi connectivity index (χ0) is 15.1. The van der Waals surface area contributed by atoms with E-state index in [4.69, 9.17) is 4.52 Å². The lowest BCUT2D eigenvalue weighted by molar-refractivity contribution is 0.365. The van der Waals surface area contributed by atoms with Crippen molar-refractivity contribution in [2.75, 3.05) is 18.0 Å². The van der Waals surface area contributed by atoms with Gasteiger partial charge in [-0.25, -0.2) is 0 Å². The molecule has 0 aromatic carbocycles. The summed E-state index contributed by atoms with van der Waals surface area (Å²) in [5, 5.41) is 15.0. The fourth-order valence-electron chi connectivity index (χ4n) is 2.83. The van der Waals surface area contributed by atoms with Crippen molar-refractivity contribution < 1.29 is 4.52 Å². The van der Waals surface area contributed by atoms with Crippen molar-refractivity contribution in [1.29, 1.82) is 0 Å². The molecule has 0 radical (unpaired) electrons. The SMILES string of the molecule is CC(C)c1nnc(N2CCC(c3noc(C4CC4)n3)CC2)s1. The van der Waals surface area contributed by atoms with Crippen LogP contribution in [-0.2, 0) is 0 Å². The molecule has 0 atom stereocenters. The van der Waals surface area contributed by atoms with E-state index in [9.17, 15) is 0 Å². The van der Waals surface area contributed by atoms with Gasteiger partial charge in [0, 0.05) is 30.8 Å². The normalized spacial score (nSPS) is 20.0. The topological polar surface area (TPSA) is 67.9 Å². The molecule has 3 heterocycles. The third-order valence-electron chi connectivity index (χ3n) is 4.44. The second-order valence-corrected chi connectivity index (χ2v) is 7.59. The summed E-state index contributed by atoms with van der Waals surface area (Å²) in [6.07, 6.45) is 4.52. The highest BCUT2D eigenvalue weighted by Gasteiger charge is 2.32. The lowest BCUT2D eigenvalue weighted by Gasteiger charge is -2.29. The van der Waals surface area contributed by atoms with Crippen LogP contribution in [0.5, 0.6) is 0 Å². The van der Waals surface area contributed by atoms with Gasteiger partial charge in [0.2, 0.25) is 11.0 Å². The molecule has 6 nitrogen and oxygen atoms in total. The highest BCUT2D eigenvalue weighted by molar-refractivity contribution is 7.15. The maximum Gasteiger partial charge on any atom is 0.229 e. The van der Waals surface area contributed by atoms with E-state index in [1.54, 1.807) is 11.3 Å². The van der Waals surface area contributed by atoms with Crippen molar-refractivity contribution in [2.45, 2.75) is 57.3 Å². The van der Waals surface area contributed by atoms with Gasteiger partial charge in [0.05, 0.1) is 0 Å². The van der Waals surface area contributed by atoms with Crippen molar-refractivity contribution in [3.05, 3.63) is 16.7 Å². The van der Waals surface area contributed by atoms with E-state index in [1.165, 1.54) is 12.8 Å². The average molecular weight is 319 g/mol. The molecule has 1 aliphatic heterocycles. The van der Waals surface area contributed by atoms with Gasteiger partial charge in [0.1, 0.15) is 5.01 Å². The van der Waals surface area contributed by atoms with Crippen LogP contribution in [0.4, 0.5) is 5.13 Å². The van der Waals surface area contributed by atoms with Crippen LogP contribution in [0, 0.1) is 0 Å². The first-order chi connectivity index (χ1) is 10.7. The molecule has 0 N–H and O–H groups in total. The second kappa shape index (κ2) is 5.61. The van der Waals surface area contributed by atoms with Crippen LogP contribution >= 0.6 is 11.3 Å². The van der Waals surface area contributed by atoms with E-state index >= 15 is 0 Å².